The molecule has 0 saturated heterocycles. The van der Waals surface area contributed by atoms with Crippen molar-refractivity contribution >= 4 is 0 Å². The van der Waals surface area contributed by atoms with E-state index in [1.54, 1.807) is 24.3 Å². The minimum Gasteiger partial charge on any atom is -0.206 e. The zero-order valence-corrected chi connectivity index (χ0v) is 22.1. The van der Waals surface area contributed by atoms with E-state index < -0.39 is 0 Å². The normalized spacial score (nSPS) is 23.7. The number of nitrogens with zero attached hydrogens (tertiary/aromatic N) is 2. The molecule has 0 atom stereocenters. The van der Waals surface area contributed by atoms with E-state index in [-0.39, 0.29) is 22.8 Å². The molecular formula is C33H38F2N2. The van der Waals surface area contributed by atoms with Crippen molar-refractivity contribution in [3.8, 4) is 12.1 Å². The average Bonchev–Trinajstić information content (AvgIpc) is 2.93. The van der Waals surface area contributed by atoms with Gasteiger partial charge >= 0.3 is 0 Å². The lowest BCUT2D eigenvalue weighted by molar-refractivity contribution is 0.374. The SMILES string of the molecule is C/C=C\[C@H]1CC[C@H](c2ccc(C#N)c(F)c2)CC1.CC/C=C/[C@H]1CC[C@H](c2ccc(C#N)c(F)c2)CC1. The van der Waals surface area contributed by atoms with Crippen LogP contribution in [0, 0.1) is 46.1 Å². The third-order valence-electron chi connectivity index (χ3n) is 7.82. The van der Waals surface area contributed by atoms with Crippen molar-refractivity contribution in [2.45, 2.75) is 83.5 Å². The zero-order valence-electron chi connectivity index (χ0n) is 22.1. The molecule has 0 unspecified atom stereocenters. The van der Waals surface area contributed by atoms with E-state index in [2.05, 4.69) is 38.2 Å². The van der Waals surface area contributed by atoms with Gasteiger partial charge < -0.3 is 0 Å². The number of hydrogen-bond donors (Lipinski definition) is 0. The first kappa shape index (κ1) is 28.3. The highest BCUT2D eigenvalue weighted by molar-refractivity contribution is 5.36. The molecule has 0 bridgehead atoms. The molecule has 0 aromatic heterocycles. The predicted octanol–water partition coefficient (Wildman–Crippen LogP) is 9.48. The lowest BCUT2D eigenvalue weighted by atomic mass is 9.78. The van der Waals surface area contributed by atoms with Gasteiger partial charge in [-0.15, -0.1) is 0 Å². The number of allylic oxidation sites excluding steroid dienone is 4. The molecule has 2 saturated carbocycles. The fourth-order valence-corrected chi connectivity index (χ4v) is 5.64. The van der Waals surface area contributed by atoms with E-state index in [0.717, 1.165) is 43.2 Å². The Morgan fingerprint density at radius 2 is 1.16 bits per heavy atom. The van der Waals surface area contributed by atoms with E-state index in [9.17, 15) is 8.78 Å². The summed E-state index contributed by atoms with van der Waals surface area (Å²) in [6.45, 7) is 4.21. The first-order valence-corrected chi connectivity index (χ1v) is 13.7. The number of halogens is 2. The number of rotatable bonds is 5. The Hall–Kier alpha value is -3.24. The molecule has 2 aliphatic rings. The average molecular weight is 501 g/mol. The molecule has 2 aromatic rings. The quantitative estimate of drug-likeness (QED) is 0.384. The lowest BCUT2D eigenvalue weighted by Crippen LogP contribution is -2.12. The first-order chi connectivity index (χ1) is 18.0. The topological polar surface area (TPSA) is 47.6 Å². The Balaban J connectivity index is 0.000000206. The molecule has 194 valence electrons. The lowest BCUT2D eigenvalue weighted by Gasteiger charge is -2.27. The van der Waals surface area contributed by atoms with Crippen LogP contribution in [0.2, 0.25) is 0 Å². The first-order valence-electron chi connectivity index (χ1n) is 13.7. The highest BCUT2D eigenvalue weighted by Crippen LogP contribution is 2.37. The summed E-state index contributed by atoms with van der Waals surface area (Å²) in [4.78, 5) is 0. The predicted molar refractivity (Wildman–Crippen MR) is 146 cm³/mol. The Kier molecular flexibility index (Phi) is 11.1. The van der Waals surface area contributed by atoms with Gasteiger partial charge in [0.15, 0.2) is 0 Å². The van der Waals surface area contributed by atoms with E-state index in [4.69, 9.17) is 10.5 Å². The Morgan fingerprint density at radius 3 is 1.51 bits per heavy atom. The third-order valence-corrected chi connectivity index (χ3v) is 7.82. The highest BCUT2D eigenvalue weighted by Gasteiger charge is 2.22. The van der Waals surface area contributed by atoms with Crippen LogP contribution < -0.4 is 0 Å². The van der Waals surface area contributed by atoms with Crippen molar-refractivity contribution in [3.05, 3.63) is 94.6 Å². The summed E-state index contributed by atoms with van der Waals surface area (Å²) in [7, 11) is 0. The Labute approximate surface area is 221 Å². The molecule has 4 heteroatoms. The molecule has 37 heavy (non-hydrogen) atoms. The van der Waals surface area contributed by atoms with Gasteiger partial charge in [0.1, 0.15) is 23.8 Å². The third kappa shape index (κ3) is 8.13. The fraction of sp³-hybridized carbons (Fsp3) is 0.455. The summed E-state index contributed by atoms with van der Waals surface area (Å²) in [5.41, 5.74) is 2.38. The molecule has 0 aliphatic heterocycles. The van der Waals surface area contributed by atoms with Gasteiger partial charge in [-0.05, 0) is 124 Å². The smallest absolute Gasteiger partial charge is 0.141 e. The van der Waals surface area contributed by atoms with Crippen LogP contribution in [0.5, 0.6) is 0 Å². The maximum atomic E-state index is 13.6. The number of benzene rings is 2. The van der Waals surface area contributed by atoms with Crippen LogP contribution in [0.4, 0.5) is 8.78 Å². The molecule has 0 N–H and O–H groups in total. The van der Waals surface area contributed by atoms with Crippen LogP contribution in [0.1, 0.15) is 106 Å². The van der Waals surface area contributed by atoms with Gasteiger partial charge in [0, 0.05) is 0 Å². The van der Waals surface area contributed by atoms with Crippen LogP contribution in [0.3, 0.4) is 0 Å². The molecule has 2 aromatic carbocycles. The second kappa shape index (κ2) is 14.5. The van der Waals surface area contributed by atoms with Gasteiger partial charge in [-0.1, -0.05) is 43.4 Å². The molecule has 4 rings (SSSR count). The van der Waals surface area contributed by atoms with Gasteiger partial charge in [-0.3, -0.25) is 0 Å². The Morgan fingerprint density at radius 1 is 0.730 bits per heavy atom. The molecule has 2 nitrogen and oxygen atoms in total. The zero-order chi connectivity index (χ0) is 26.6. The highest BCUT2D eigenvalue weighted by atomic mass is 19.1. The van der Waals surface area contributed by atoms with Crippen LogP contribution in [0.25, 0.3) is 0 Å². The van der Waals surface area contributed by atoms with E-state index in [1.807, 2.05) is 24.3 Å². The van der Waals surface area contributed by atoms with Crippen molar-refractivity contribution in [2.75, 3.05) is 0 Å². The van der Waals surface area contributed by atoms with E-state index in [1.165, 1.54) is 25.7 Å². The van der Waals surface area contributed by atoms with Gasteiger partial charge in [-0.25, -0.2) is 8.78 Å². The molecular weight excluding hydrogens is 462 g/mol. The van der Waals surface area contributed by atoms with Gasteiger partial charge in [0.25, 0.3) is 0 Å². The summed E-state index contributed by atoms with van der Waals surface area (Å²) in [5, 5.41) is 17.5. The maximum Gasteiger partial charge on any atom is 0.141 e. The van der Waals surface area contributed by atoms with E-state index >= 15 is 0 Å². The monoisotopic (exact) mass is 500 g/mol. The molecule has 0 spiro atoms. The molecule has 2 fully saturated rings. The van der Waals surface area contributed by atoms with Crippen LogP contribution in [0.15, 0.2) is 60.7 Å². The second-order valence-electron chi connectivity index (χ2n) is 10.3. The Bertz CT molecular complexity index is 1150. The van der Waals surface area contributed by atoms with Gasteiger partial charge in [0.05, 0.1) is 11.1 Å². The van der Waals surface area contributed by atoms with Crippen LogP contribution >= 0.6 is 0 Å². The summed E-state index contributed by atoms with van der Waals surface area (Å²) in [5.74, 6) is 1.52. The molecule has 0 heterocycles. The summed E-state index contributed by atoms with van der Waals surface area (Å²) in [6.07, 6.45) is 19.2. The summed E-state index contributed by atoms with van der Waals surface area (Å²) < 4.78 is 27.2. The number of nitriles is 2. The minimum atomic E-state index is -0.384. The maximum absolute atomic E-state index is 13.6. The molecule has 0 amide bonds. The van der Waals surface area contributed by atoms with Crippen molar-refractivity contribution in [1.29, 1.82) is 10.5 Å². The van der Waals surface area contributed by atoms with E-state index in [0.29, 0.717) is 23.7 Å². The molecule has 2 aliphatic carbocycles. The number of hydrogen-bond acceptors (Lipinski definition) is 2. The second-order valence-corrected chi connectivity index (χ2v) is 10.3. The van der Waals surface area contributed by atoms with Crippen molar-refractivity contribution in [2.24, 2.45) is 11.8 Å². The van der Waals surface area contributed by atoms with Crippen molar-refractivity contribution in [1.82, 2.24) is 0 Å². The summed E-state index contributed by atoms with van der Waals surface area (Å²) in [6, 6.07) is 13.8. The fourth-order valence-electron chi connectivity index (χ4n) is 5.64. The van der Waals surface area contributed by atoms with Crippen molar-refractivity contribution < 1.29 is 8.78 Å². The molecule has 0 radical (unpaired) electrons. The van der Waals surface area contributed by atoms with Crippen molar-refractivity contribution in [3.63, 3.8) is 0 Å². The standard InChI is InChI=1S/C17H20FN.C16H18FN/c1-2-3-4-13-5-7-14(8-6-13)15-9-10-16(12-19)17(18)11-15;1-2-3-12-4-6-13(7-5-12)14-8-9-15(11-18)16(17)10-14/h3-4,9-11,13-14H,2,5-8H2,1H3;2-3,8-10,12-13H,4-7H2,1H3/b4-3+;3-2-/t13-,14-;12-,13-. The minimum absolute atomic E-state index is 0.140. The summed E-state index contributed by atoms with van der Waals surface area (Å²) >= 11 is 0. The van der Waals surface area contributed by atoms with Crippen LogP contribution in [-0.4, -0.2) is 0 Å². The largest absolute Gasteiger partial charge is 0.206 e. The van der Waals surface area contributed by atoms with Gasteiger partial charge in [-0.2, -0.15) is 10.5 Å². The van der Waals surface area contributed by atoms with Crippen LogP contribution in [-0.2, 0) is 0 Å². The van der Waals surface area contributed by atoms with Gasteiger partial charge in [0.2, 0.25) is 0 Å².